The number of para-hydroxylation sites is 1. The highest BCUT2D eigenvalue weighted by Gasteiger charge is 2.25. The van der Waals surface area contributed by atoms with E-state index in [9.17, 15) is 14.0 Å². The molecule has 0 bridgehead atoms. The van der Waals surface area contributed by atoms with Crippen LogP contribution in [0.4, 0.5) is 10.1 Å². The van der Waals surface area contributed by atoms with Crippen molar-refractivity contribution in [1.82, 2.24) is 4.90 Å². The first-order valence-corrected chi connectivity index (χ1v) is 8.97. The van der Waals surface area contributed by atoms with E-state index in [1.807, 2.05) is 4.90 Å². The van der Waals surface area contributed by atoms with Gasteiger partial charge in [0.25, 0.3) is 5.91 Å². The Morgan fingerprint density at radius 2 is 1.82 bits per heavy atom. The Bertz CT molecular complexity index is 1090. The van der Waals surface area contributed by atoms with Gasteiger partial charge in [-0.25, -0.2) is 4.39 Å². The van der Waals surface area contributed by atoms with Gasteiger partial charge in [-0.3, -0.25) is 9.59 Å². The molecule has 0 N–H and O–H groups in total. The molecule has 0 aliphatic carbocycles. The van der Waals surface area contributed by atoms with Crippen LogP contribution in [0.5, 0.6) is 5.75 Å². The first kappa shape index (κ1) is 18.0. The Balaban J connectivity index is 1.54. The number of rotatable bonds is 3. The van der Waals surface area contributed by atoms with E-state index in [4.69, 9.17) is 9.15 Å². The van der Waals surface area contributed by atoms with Gasteiger partial charge in [-0.05, 0) is 24.3 Å². The number of hydrogen-bond donors (Lipinski definition) is 0. The fourth-order valence-corrected chi connectivity index (χ4v) is 3.38. The highest BCUT2D eigenvalue weighted by atomic mass is 19.1. The topological polar surface area (TPSA) is 63.0 Å². The molecule has 4 rings (SSSR count). The fraction of sp³-hybridized carbons (Fsp3) is 0.238. The zero-order chi connectivity index (χ0) is 19.7. The van der Waals surface area contributed by atoms with Crippen molar-refractivity contribution in [2.45, 2.75) is 0 Å². The maximum absolute atomic E-state index is 14.0. The molecule has 2 aromatic carbocycles. The van der Waals surface area contributed by atoms with Gasteiger partial charge in [-0.15, -0.1) is 0 Å². The molecule has 1 fully saturated rings. The van der Waals surface area contributed by atoms with E-state index in [-0.39, 0.29) is 22.9 Å². The number of carbonyl (C=O) groups excluding carboxylic acids is 1. The predicted octanol–water partition coefficient (Wildman–Crippen LogP) is 2.90. The molecule has 1 amide bonds. The zero-order valence-corrected chi connectivity index (χ0v) is 15.4. The molecular weight excluding hydrogens is 363 g/mol. The van der Waals surface area contributed by atoms with Gasteiger partial charge >= 0.3 is 0 Å². The Labute approximate surface area is 160 Å². The van der Waals surface area contributed by atoms with Gasteiger partial charge < -0.3 is 19.0 Å². The molecule has 3 aromatic rings. The van der Waals surface area contributed by atoms with Crippen molar-refractivity contribution in [3.63, 3.8) is 0 Å². The summed E-state index contributed by atoms with van der Waals surface area (Å²) in [7, 11) is 1.52. The van der Waals surface area contributed by atoms with E-state index in [1.54, 1.807) is 41.3 Å². The Morgan fingerprint density at radius 1 is 1.07 bits per heavy atom. The highest BCUT2D eigenvalue weighted by Crippen LogP contribution is 2.22. The van der Waals surface area contributed by atoms with E-state index < -0.39 is 0 Å². The molecule has 144 valence electrons. The standard InChI is InChI=1S/C21H19FN2O4/c1-27-14-6-7-15-18(25)13-20(28-19(15)12-14)21(26)24-10-8-23(9-11-24)17-5-3-2-4-16(17)22/h2-7,12-13H,8-11H2,1H3. The molecule has 0 atom stereocenters. The number of nitrogens with zero attached hydrogens (tertiary/aromatic N) is 2. The smallest absolute Gasteiger partial charge is 0.289 e. The number of methoxy groups -OCH3 is 1. The van der Waals surface area contributed by atoms with Gasteiger partial charge in [-0.2, -0.15) is 0 Å². The van der Waals surface area contributed by atoms with Crippen LogP contribution in [-0.2, 0) is 0 Å². The van der Waals surface area contributed by atoms with Gasteiger partial charge in [0.05, 0.1) is 18.2 Å². The molecule has 1 aromatic heterocycles. The first-order chi connectivity index (χ1) is 13.6. The summed E-state index contributed by atoms with van der Waals surface area (Å²) in [6, 6.07) is 12.7. The average Bonchev–Trinajstić information content (AvgIpc) is 2.73. The molecule has 0 radical (unpaired) electrons. The summed E-state index contributed by atoms with van der Waals surface area (Å²) in [4.78, 5) is 28.7. The van der Waals surface area contributed by atoms with Crippen molar-refractivity contribution in [3.05, 3.63) is 70.3 Å². The van der Waals surface area contributed by atoms with Crippen LogP contribution < -0.4 is 15.1 Å². The number of halogens is 1. The quantitative estimate of drug-likeness (QED) is 0.697. The molecule has 1 saturated heterocycles. The lowest BCUT2D eigenvalue weighted by Gasteiger charge is -2.35. The average molecular weight is 382 g/mol. The summed E-state index contributed by atoms with van der Waals surface area (Å²) in [5, 5.41) is 0.390. The largest absolute Gasteiger partial charge is 0.497 e. The van der Waals surface area contributed by atoms with Gasteiger partial charge in [0.1, 0.15) is 17.1 Å². The summed E-state index contributed by atoms with van der Waals surface area (Å²) >= 11 is 0. The Kier molecular flexibility index (Phi) is 4.73. The summed E-state index contributed by atoms with van der Waals surface area (Å²) in [5.74, 6) is -0.101. The van der Waals surface area contributed by atoms with Crippen molar-refractivity contribution in [3.8, 4) is 5.75 Å². The zero-order valence-electron chi connectivity index (χ0n) is 15.4. The number of benzene rings is 2. The van der Waals surface area contributed by atoms with Crippen LogP contribution in [0.2, 0.25) is 0 Å². The molecule has 0 unspecified atom stereocenters. The Hall–Kier alpha value is -3.35. The highest BCUT2D eigenvalue weighted by molar-refractivity contribution is 5.93. The van der Waals surface area contributed by atoms with E-state index in [1.165, 1.54) is 19.2 Å². The second kappa shape index (κ2) is 7.34. The van der Waals surface area contributed by atoms with Crippen LogP contribution in [0.3, 0.4) is 0 Å². The molecule has 0 saturated carbocycles. The number of ether oxygens (including phenoxy) is 1. The van der Waals surface area contributed by atoms with Crippen molar-refractivity contribution in [2.24, 2.45) is 0 Å². The van der Waals surface area contributed by atoms with Crippen molar-refractivity contribution in [1.29, 1.82) is 0 Å². The van der Waals surface area contributed by atoms with Crippen molar-refractivity contribution >= 4 is 22.6 Å². The van der Waals surface area contributed by atoms with Crippen LogP contribution >= 0.6 is 0 Å². The third-order valence-corrected chi connectivity index (χ3v) is 4.91. The number of carbonyl (C=O) groups is 1. The number of piperazine rings is 1. The fourth-order valence-electron chi connectivity index (χ4n) is 3.38. The molecule has 1 aliphatic heterocycles. The van der Waals surface area contributed by atoms with Crippen LogP contribution in [-0.4, -0.2) is 44.1 Å². The third-order valence-electron chi connectivity index (χ3n) is 4.91. The Morgan fingerprint density at radius 3 is 2.54 bits per heavy atom. The summed E-state index contributed by atoms with van der Waals surface area (Å²) < 4.78 is 24.8. The van der Waals surface area contributed by atoms with Crippen molar-refractivity contribution in [2.75, 3.05) is 38.2 Å². The van der Waals surface area contributed by atoms with Gasteiger partial charge in [0, 0.05) is 38.3 Å². The first-order valence-electron chi connectivity index (χ1n) is 8.97. The second-order valence-corrected chi connectivity index (χ2v) is 6.57. The lowest BCUT2D eigenvalue weighted by molar-refractivity contribution is 0.0715. The lowest BCUT2D eigenvalue weighted by Crippen LogP contribution is -2.49. The number of fused-ring (bicyclic) bond motifs is 1. The van der Waals surface area contributed by atoms with Gasteiger partial charge in [0.15, 0.2) is 11.2 Å². The minimum Gasteiger partial charge on any atom is -0.497 e. The van der Waals surface area contributed by atoms with Crippen LogP contribution in [0.15, 0.2) is 57.7 Å². The molecule has 7 heteroatoms. The maximum Gasteiger partial charge on any atom is 0.289 e. The predicted molar refractivity (Wildman–Crippen MR) is 104 cm³/mol. The van der Waals surface area contributed by atoms with Crippen LogP contribution in [0.25, 0.3) is 11.0 Å². The molecule has 6 nitrogen and oxygen atoms in total. The molecule has 1 aliphatic rings. The monoisotopic (exact) mass is 382 g/mol. The summed E-state index contributed by atoms with van der Waals surface area (Å²) in [6.07, 6.45) is 0. The minimum absolute atomic E-state index is 0.00917. The van der Waals surface area contributed by atoms with E-state index >= 15 is 0 Å². The summed E-state index contributed by atoms with van der Waals surface area (Å²) in [5.41, 5.74) is 0.552. The molecule has 0 spiro atoms. The van der Waals surface area contributed by atoms with Crippen LogP contribution in [0, 0.1) is 5.82 Å². The molecular formula is C21H19FN2O4. The second-order valence-electron chi connectivity index (χ2n) is 6.57. The van der Waals surface area contributed by atoms with Gasteiger partial charge in [-0.1, -0.05) is 12.1 Å². The van der Waals surface area contributed by atoms with Gasteiger partial charge in [0.2, 0.25) is 0 Å². The third kappa shape index (κ3) is 3.31. The lowest BCUT2D eigenvalue weighted by atomic mass is 10.2. The van der Waals surface area contributed by atoms with Crippen LogP contribution in [0.1, 0.15) is 10.6 Å². The summed E-state index contributed by atoms with van der Waals surface area (Å²) in [6.45, 7) is 1.82. The van der Waals surface area contributed by atoms with E-state index in [0.717, 1.165) is 0 Å². The van der Waals surface area contributed by atoms with E-state index in [2.05, 4.69) is 0 Å². The minimum atomic E-state index is -0.352. The van der Waals surface area contributed by atoms with Crippen molar-refractivity contribution < 1.29 is 18.3 Å². The maximum atomic E-state index is 14.0. The molecule has 2 heterocycles. The molecule has 28 heavy (non-hydrogen) atoms. The van der Waals surface area contributed by atoms with E-state index in [0.29, 0.717) is 48.6 Å². The number of amides is 1. The SMILES string of the molecule is COc1ccc2c(=O)cc(C(=O)N3CCN(c4ccccc4F)CC3)oc2c1. The number of hydrogen-bond acceptors (Lipinski definition) is 5. The number of anilines is 1. The normalized spacial score (nSPS) is 14.4.